The molecule has 0 aromatic rings. The number of likely N-dealkylation sites (N-methyl/N-ethyl adjacent to an activating group) is 1. The summed E-state index contributed by atoms with van der Waals surface area (Å²) in [6.45, 7) is 2.51. The van der Waals surface area contributed by atoms with E-state index in [1.165, 1.54) is 57.8 Å². The minimum atomic E-state index is -2.25. The second kappa shape index (κ2) is 17.3. The van der Waals surface area contributed by atoms with E-state index >= 15 is 0 Å². The Kier molecular flexibility index (Phi) is 17.0. The fourth-order valence-electron chi connectivity index (χ4n) is 3.08. The van der Waals surface area contributed by atoms with Crippen LogP contribution in [0.15, 0.2) is 12.2 Å². The number of hydrogen-bond acceptors (Lipinski definition) is 2. The summed E-state index contributed by atoms with van der Waals surface area (Å²) in [5.41, 5.74) is -0.473. The van der Waals surface area contributed by atoms with Gasteiger partial charge in [0.05, 0.1) is 27.6 Å². The summed E-state index contributed by atoms with van der Waals surface area (Å²) < 4.78 is 0.466. The highest BCUT2D eigenvalue weighted by molar-refractivity contribution is 7.68. The summed E-state index contributed by atoms with van der Waals surface area (Å²) in [4.78, 5) is 23.9. The van der Waals surface area contributed by atoms with E-state index in [1.54, 1.807) is 0 Å². The predicted molar refractivity (Wildman–Crippen MR) is 121 cm³/mol. The molecule has 0 aliphatic rings. The summed E-state index contributed by atoms with van der Waals surface area (Å²) in [5, 5.41) is 9.84. The Labute approximate surface area is 175 Å². The van der Waals surface area contributed by atoms with Gasteiger partial charge < -0.3 is 14.5 Å². The monoisotopic (exact) mass is 414 g/mol. The number of carbonyl (C=O) groups excluding carboxylic acids is 1. The first-order chi connectivity index (χ1) is 13.3. The Morgan fingerprint density at radius 1 is 0.857 bits per heavy atom. The number of rotatable bonds is 18. The molecule has 1 N–H and O–H groups in total. The number of allylic oxidation sites excluding steroid dienone is 2. The molecule has 0 aromatic carbocycles. The van der Waals surface area contributed by atoms with Gasteiger partial charge in [-0.05, 0) is 32.1 Å². The van der Waals surface area contributed by atoms with Crippen LogP contribution in [0.4, 0.5) is 0 Å². The van der Waals surface area contributed by atoms with Crippen molar-refractivity contribution in [2.75, 3.05) is 27.7 Å². The normalized spacial score (nSPS) is 13.2. The lowest BCUT2D eigenvalue weighted by molar-refractivity contribution is -0.861. The lowest BCUT2D eigenvalue weighted by Gasteiger charge is -2.21. The van der Waals surface area contributed by atoms with Gasteiger partial charge in [-0.25, -0.2) is 4.79 Å². The third-order valence-electron chi connectivity index (χ3n) is 4.73. The molecular weight excluding hydrogens is 369 g/mol. The van der Waals surface area contributed by atoms with Crippen molar-refractivity contribution in [2.45, 2.75) is 96.8 Å². The molecule has 1 unspecified atom stereocenters. The number of nitrogens with zero attached hydrogens (tertiary/aromatic N) is 1. The molecule has 0 heterocycles. The minimum absolute atomic E-state index is 0.166. The van der Waals surface area contributed by atoms with E-state index in [2.05, 4.69) is 19.1 Å². The van der Waals surface area contributed by atoms with Crippen LogP contribution in [0, 0.1) is 0 Å². The first kappa shape index (κ1) is 27.5. The Morgan fingerprint density at radius 2 is 1.32 bits per heavy atom. The number of quaternary nitrogens is 1. The highest BCUT2D eigenvalue weighted by atomic mass is 31.1. The number of carbonyl (C=O) groups is 1. The van der Waals surface area contributed by atoms with Gasteiger partial charge in [0.1, 0.15) is 0 Å². The zero-order valence-corrected chi connectivity index (χ0v) is 19.8. The molecule has 0 aliphatic heterocycles. The number of aliphatic hydroxyl groups excluding tert-OH is 1. The fourth-order valence-corrected chi connectivity index (χ4v) is 4.28. The maximum absolute atomic E-state index is 12.0. The van der Waals surface area contributed by atoms with Gasteiger partial charge in [0, 0.05) is 0 Å². The summed E-state index contributed by atoms with van der Waals surface area (Å²) in [5.74, 6) is 0. The zero-order chi connectivity index (χ0) is 21.3. The molecule has 0 fully saturated rings. The van der Waals surface area contributed by atoms with Gasteiger partial charge >= 0.3 is 5.52 Å². The SMILES string of the molecule is CCCCCCCC/C=C\CCCCCCCC(=O)[P+]([O-])=C(O)C[N+](C)(C)C. The standard InChI is InChI=1S/C23H44NO3P/c1-5-6-7-8-9-10-11-12-13-14-15-16-17-18-19-20-22(25)28(27)23(26)21-24(2,3)4/h12-13H,5-11,14-21H2,1-4H3/p+1/b13-12-. The highest BCUT2D eigenvalue weighted by Crippen LogP contribution is 2.20. The van der Waals surface area contributed by atoms with Gasteiger partial charge in [0.25, 0.3) is 5.48 Å². The molecule has 1 atom stereocenters. The third-order valence-corrected chi connectivity index (χ3v) is 6.02. The molecule has 0 amide bonds. The Bertz CT molecular complexity index is 467. The van der Waals surface area contributed by atoms with E-state index in [-0.39, 0.29) is 17.5 Å². The van der Waals surface area contributed by atoms with Crippen LogP contribution < -0.4 is 4.89 Å². The Hall–Kier alpha value is -0.540. The number of hydrogen-bond donors (Lipinski definition) is 1. The highest BCUT2D eigenvalue weighted by Gasteiger charge is 2.22. The lowest BCUT2D eigenvalue weighted by Crippen LogP contribution is -2.39. The van der Waals surface area contributed by atoms with Gasteiger partial charge in [0.15, 0.2) is 14.3 Å². The quantitative estimate of drug-likeness (QED) is 0.139. The van der Waals surface area contributed by atoms with Crippen LogP contribution in [0.5, 0.6) is 0 Å². The molecule has 0 radical (unpaired) electrons. The van der Waals surface area contributed by atoms with E-state index in [0.717, 1.165) is 25.7 Å². The van der Waals surface area contributed by atoms with Crippen LogP contribution >= 0.6 is 7.77 Å². The number of aliphatic hydroxyl groups is 1. The molecule has 4 nitrogen and oxygen atoms in total. The van der Waals surface area contributed by atoms with Crippen molar-refractivity contribution < 1.29 is 19.3 Å². The van der Waals surface area contributed by atoms with E-state index < -0.39 is 7.77 Å². The average molecular weight is 415 g/mol. The second-order valence-electron chi connectivity index (χ2n) is 8.89. The molecular formula is C23H45NO3P+. The predicted octanol–water partition coefficient (Wildman–Crippen LogP) is 5.52. The fraction of sp³-hybridized carbons (Fsp3) is 0.826. The van der Waals surface area contributed by atoms with Crippen molar-refractivity contribution in [1.82, 2.24) is 0 Å². The molecule has 0 bridgehead atoms. The molecule has 0 saturated carbocycles. The van der Waals surface area contributed by atoms with Gasteiger partial charge in [-0.15, -0.1) is 0 Å². The number of unbranched alkanes of at least 4 members (excludes halogenated alkanes) is 11. The summed E-state index contributed by atoms with van der Waals surface area (Å²) in [6.07, 6.45) is 20.7. The Morgan fingerprint density at radius 3 is 1.82 bits per heavy atom. The summed E-state index contributed by atoms with van der Waals surface area (Å²) in [7, 11) is 3.44. The molecule has 5 heteroatoms. The van der Waals surface area contributed by atoms with Crippen LogP contribution in [-0.2, 0) is 4.79 Å². The van der Waals surface area contributed by atoms with E-state index in [0.29, 0.717) is 10.9 Å². The Balaban J connectivity index is 3.60. The van der Waals surface area contributed by atoms with Crippen molar-refractivity contribution >= 4 is 18.8 Å². The smallest absolute Gasteiger partial charge is 0.321 e. The first-order valence-corrected chi connectivity index (χ1v) is 12.5. The van der Waals surface area contributed by atoms with Crippen LogP contribution in [0.2, 0.25) is 0 Å². The molecule has 164 valence electrons. The van der Waals surface area contributed by atoms with Crippen molar-refractivity contribution in [2.24, 2.45) is 0 Å². The van der Waals surface area contributed by atoms with Crippen LogP contribution in [0.1, 0.15) is 96.8 Å². The van der Waals surface area contributed by atoms with Gasteiger partial charge in [-0.2, -0.15) is 0 Å². The van der Waals surface area contributed by atoms with Crippen molar-refractivity contribution in [3.63, 3.8) is 0 Å². The third kappa shape index (κ3) is 17.6. The molecule has 0 saturated heterocycles. The second-order valence-corrected chi connectivity index (χ2v) is 10.5. The average Bonchev–Trinajstić information content (AvgIpc) is 2.62. The van der Waals surface area contributed by atoms with Gasteiger partial charge in [0.2, 0.25) is 0 Å². The summed E-state index contributed by atoms with van der Waals surface area (Å²) in [6, 6.07) is 0. The van der Waals surface area contributed by atoms with E-state index in [1.807, 2.05) is 21.1 Å². The topological polar surface area (TPSA) is 60.4 Å². The van der Waals surface area contributed by atoms with Crippen LogP contribution in [0.3, 0.4) is 0 Å². The molecule has 0 aromatic heterocycles. The van der Waals surface area contributed by atoms with Gasteiger partial charge in [-0.1, -0.05) is 70.4 Å². The van der Waals surface area contributed by atoms with E-state index in [9.17, 15) is 14.8 Å². The van der Waals surface area contributed by atoms with Crippen molar-refractivity contribution in [3.8, 4) is 0 Å². The first-order valence-electron chi connectivity index (χ1n) is 11.3. The largest absolute Gasteiger partial charge is 0.622 e. The molecule has 28 heavy (non-hydrogen) atoms. The van der Waals surface area contributed by atoms with Crippen LogP contribution in [0.25, 0.3) is 0 Å². The minimum Gasteiger partial charge on any atom is -0.622 e. The molecule has 0 spiro atoms. The van der Waals surface area contributed by atoms with E-state index in [4.69, 9.17) is 0 Å². The van der Waals surface area contributed by atoms with Gasteiger partial charge in [-0.3, -0.25) is 0 Å². The maximum Gasteiger partial charge on any atom is 0.321 e. The molecule has 0 rings (SSSR count). The van der Waals surface area contributed by atoms with Crippen LogP contribution in [-0.4, -0.2) is 48.3 Å². The zero-order valence-electron chi connectivity index (χ0n) is 18.9. The van der Waals surface area contributed by atoms with Crippen molar-refractivity contribution in [3.05, 3.63) is 12.2 Å². The summed E-state index contributed by atoms with van der Waals surface area (Å²) >= 11 is 0. The lowest BCUT2D eigenvalue weighted by atomic mass is 10.1. The maximum atomic E-state index is 12.0. The van der Waals surface area contributed by atoms with Crippen molar-refractivity contribution in [1.29, 1.82) is 0 Å². The molecule has 0 aliphatic carbocycles.